The van der Waals surface area contributed by atoms with Crippen LogP contribution in [0.5, 0.6) is 0 Å². The van der Waals surface area contributed by atoms with Crippen LogP contribution in [0.1, 0.15) is 95.5 Å². The Hall–Kier alpha value is -5.10. The number of hydrogen-bond donors (Lipinski definition) is 1. The summed E-state index contributed by atoms with van der Waals surface area (Å²) in [7, 11) is 1.83. The number of carbonyl (C=O) groups excluding carboxylic acids is 3. The number of nitrogens with zero attached hydrogens (tertiary/aromatic N) is 5. The topological polar surface area (TPSA) is 98.2 Å². The largest absolute Gasteiger partial charge is 0.372 e. The van der Waals surface area contributed by atoms with Gasteiger partial charge in [0, 0.05) is 79.6 Å². The van der Waals surface area contributed by atoms with Gasteiger partial charge in [-0.05, 0) is 136 Å². The van der Waals surface area contributed by atoms with Gasteiger partial charge in [-0.15, -0.1) is 0 Å². The summed E-state index contributed by atoms with van der Waals surface area (Å²) in [4.78, 5) is 59.3. The van der Waals surface area contributed by atoms with Gasteiger partial charge < -0.3 is 24.2 Å². The van der Waals surface area contributed by atoms with Crippen LogP contribution in [0.25, 0.3) is 10.9 Å². The second kappa shape index (κ2) is 15.0. The number of fused-ring (bicyclic) bond motifs is 3. The van der Waals surface area contributed by atoms with E-state index in [-0.39, 0.29) is 29.4 Å². The molecule has 12 heteroatoms. The first kappa shape index (κ1) is 37.5. The first-order valence-corrected chi connectivity index (χ1v) is 20.6. The molecule has 4 aromatic rings. The Balaban J connectivity index is 0.854. The Morgan fingerprint density at radius 2 is 1.60 bits per heavy atom. The molecule has 1 atom stereocenters. The van der Waals surface area contributed by atoms with E-state index >= 15 is 0 Å². The third-order valence-corrected chi connectivity index (χ3v) is 13.4. The van der Waals surface area contributed by atoms with Crippen molar-refractivity contribution >= 4 is 45.7 Å². The van der Waals surface area contributed by atoms with E-state index in [0.717, 1.165) is 117 Å². The number of amides is 3. The lowest BCUT2D eigenvalue weighted by molar-refractivity contribution is -0.136. The van der Waals surface area contributed by atoms with Gasteiger partial charge in [0.25, 0.3) is 17.9 Å². The summed E-state index contributed by atoms with van der Waals surface area (Å²) in [6, 6.07) is 16.9. The molecule has 0 aliphatic carbocycles. The monoisotopic (exact) mass is 776 g/mol. The number of halogens is 2. The molecule has 1 aromatic heterocycles. The van der Waals surface area contributed by atoms with E-state index in [1.54, 1.807) is 21.6 Å². The Kier molecular flexibility index (Phi) is 9.87. The highest BCUT2D eigenvalue weighted by Gasteiger charge is 2.39. The minimum Gasteiger partial charge on any atom is -0.372 e. The minimum absolute atomic E-state index is 0.0202. The molecule has 0 bridgehead atoms. The molecule has 5 aliphatic rings. The number of rotatable bonds is 7. The highest BCUT2D eigenvalue weighted by Crippen LogP contribution is 2.42. The molecule has 0 spiro atoms. The van der Waals surface area contributed by atoms with E-state index in [2.05, 4.69) is 38.2 Å². The van der Waals surface area contributed by atoms with Gasteiger partial charge in [0.15, 0.2) is 0 Å². The van der Waals surface area contributed by atoms with Crippen LogP contribution in [0, 0.1) is 12.8 Å². The van der Waals surface area contributed by atoms with Crippen LogP contribution in [-0.4, -0.2) is 77.4 Å². The maximum absolute atomic E-state index is 13.9. The highest BCUT2D eigenvalue weighted by molar-refractivity contribution is 6.05. The van der Waals surface area contributed by atoms with Gasteiger partial charge in [0.1, 0.15) is 6.04 Å². The van der Waals surface area contributed by atoms with E-state index in [1.165, 1.54) is 5.56 Å². The second-order valence-corrected chi connectivity index (χ2v) is 16.9. The Labute approximate surface area is 331 Å². The molecule has 9 rings (SSSR count). The number of hydrogen-bond acceptors (Lipinski definition) is 7. The third kappa shape index (κ3) is 7.00. The lowest BCUT2D eigenvalue weighted by atomic mass is 9.86. The standard InChI is InChI=1S/C45H50F2N6O4/c1-27-20-36-39(49(2)44(27)56)23-32(24-40(36)52-15-3-4-30-5-6-31(42(46)47)22-38(30)52)29-13-16-50(17-14-29)25-28-11-18-51(19-12-28)34-7-8-35-33(21-34)26-53(45(35)57)37-9-10-41(54)48-43(37)55/h5-8,20-24,28-29,37,42H,3-4,9-19,25-26H2,1-2H3,(H,48,54,55). The van der Waals surface area contributed by atoms with Crippen LogP contribution < -0.4 is 20.7 Å². The summed E-state index contributed by atoms with van der Waals surface area (Å²) in [5.74, 6) is 0.108. The predicted molar refractivity (Wildman–Crippen MR) is 216 cm³/mol. The van der Waals surface area contributed by atoms with Crippen LogP contribution in [0.3, 0.4) is 0 Å². The molecule has 3 fully saturated rings. The number of likely N-dealkylation sites (tertiary alicyclic amines) is 1. The first-order chi connectivity index (χ1) is 27.5. The Morgan fingerprint density at radius 1 is 0.807 bits per heavy atom. The smallest absolute Gasteiger partial charge is 0.263 e. The van der Waals surface area contributed by atoms with Gasteiger partial charge >= 0.3 is 0 Å². The predicted octanol–water partition coefficient (Wildman–Crippen LogP) is 6.73. The highest BCUT2D eigenvalue weighted by atomic mass is 19.3. The fraction of sp³-hybridized carbons (Fsp3) is 0.467. The maximum atomic E-state index is 13.9. The molecule has 10 nitrogen and oxygen atoms in total. The molecule has 6 heterocycles. The molecule has 3 saturated heterocycles. The number of anilines is 3. The number of pyridine rings is 1. The molecule has 1 N–H and O–H groups in total. The number of piperidine rings is 3. The number of benzene rings is 3. The summed E-state index contributed by atoms with van der Waals surface area (Å²) < 4.78 is 29.5. The molecule has 3 amide bonds. The summed E-state index contributed by atoms with van der Waals surface area (Å²) in [5.41, 5.74) is 8.35. The molecular weight excluding hydrogens is 727 g/mol. The summed E-state index contributed by atoms with van der Waals surface area (Å²) in [6.07, 6.45) is 4.04. The number of carbonyl (C=O) groups is 3. The maximum Gasteiger partial charge on any atom is 0.263 e. The van der Waals surface area contributed by atoms with Crippen LogP contribution in [0.2, 0.25) is 0 Å². The summed E-state index contributed by atoms with van der Waals surface area (Å²) >= 11 is 0. The lowest BCUT2D eigenvalue weighted by Gasteiger charge is -2.39. The van der Waals surface area contributed by atoms with Crippen molar-refractivity contribution < 1.29 is 23.2 Å². The van der Waals surface area contributed by atoms with Crippen molar-refractivity contribution in [2.45, 2.75) is 83.2 Å². The van der Waals surface area contributed by atoms with Crippen LogP contribution in [-0.2, 0) is 29.6 Å². The molecular formula is C45H50F2N6O4. The van der Waals surface area contributed by atoms with E-state index in [9.17, 15) is 28.0 Å². The minimum atomic E-state index is -2.54. The molecule has 5 aliphatic heterocycles. The quantitative estimate of drug-likeness (QED) is 0.208. The average molecular weight is 777 g/mol. The van der Waals surface area contributed by atoms with Crippen LogP contribution >= 0.6 is 0 Å². The average Bonchev–Trinajstić information content (AvgIpc) is 3.54. The number of imide groups is 1. The SMILES string of the molecule is Cc1cc2c(N3CCCc4ccc(C(F)F)cc43)cc(C3CCN(CC4CCN(c5ccc6c(c5)CN(C5CCC(=O)NC5=O)C6=O)CC4)CC3)cc2n(C)c1=O. The van der Waals surface area contributed by atoms with Gasteiger partial charge in [-0.25, -0.2) is 8.78 Å². The van der Waals surface area contributed by atoms with Crippen molar-refractivity contribution in [3.63, 3.8) is 0 Å². The van der Waals surface area contributed by atoms with Crippen molar-refractivity contribution in [2.75, 3.05) is 49.1 Å². The molecule has 1 unspecified atom stereocenters. The molecule has 57 heavy (non-hydrogen) atoms. The second-order valence-electron chi connectivity index (χ2n) is 16.9. The fourth-order valence-electron chi connectivity index (χ4n) is 10.1. The van der Waals surface area contributed by atoms with Crippen molar-refractivity contribution in [3.05, 3.63) is 98.3 Å². The van der Waals surface area contributed by atoms with Crippen molar-refractivity contribution in [3.8, 4) is 0 Å². The van der Waals surface area contributed by atoms with Crippen LogP contribution in [0.4, 0.5) is 25.8 Å². The van der Waals surface area contributed by atoms with E-state index < -0.39 is 18.4 Å². The number of alkyl halides is 2. The zero-order chi connectivity index (χ0) is 39.5. The van der Waals surface area contributed by atoms with Crippen molar-refractivity contribution in [1.82, 2.24) is 19.7 Å². The number of aryl methyl sites for hydroxylation is 3. The Morgan fingerprint density at radius 3 is 2.35 bits per heavy atom. The zero-order valence-corrected chi connectivity index (χ0v) is 32.7. The molecule has 298 valence electrons. The Bertz CT molecular complexity index is 2330. The first-order valence-electron chi connectivity index (χ1n) is 20.6. The molecule has 3 aromatic carbocycles. The summed E-state index contributed by atoms with van der Waals surface area (Å²) in [6.45, 7) is 7.90. The van der Waals surface area contributed by atoms with Gasteiger partial charge in [-0.2, -0.15) is 0 Å². The zero-order valence-electron chi connectivity index (χ0n) is 32.7. The fourth-order valence-corrected chi connectivity index (χ4v) is 10.1. The van der Waals surface area contributed by atoms with Crippen molar-refractivity contribution in [2.24, 2.45) is 13.0 Å². The van der Waals surface area contributed by atoms with Gasteiger partial charge in [0.2, 0.25) is 11.8 Å². The molecule has 0 radical (unpaired) electrons. The van der Waals surface area contributed by atoms with Gasteiger partial charge in [-0.3, -0.25) is 24.5 Å². The van der Waals surface area contributed by atoms with E-state index in [1.807, 2.05) is 38.2 Å². The number of aromatic nitrogens is 1. The van der Waals surface area contributed by atoms with Gasteiger partial charge in [0.05, 0.1) is 11.2 Å². The van der Waals surface area contributed by atoms with Crippen LogP contribution in [0.15, 0.2) is 59.4 Å². The lowest BCUT2D eigenvalue weighted by Crippen LogP contribution is -2.52. The molecule has 0 saturated carbocycles. The normalized spacial score (nSPS) is 21.1. The number of nitrogens with one attached hydrogen (secondary N) is 1. The van der Waals surface area contributed by atoms with Gasteiger partial charge in [-0.1, -0.05) is 12.1 Å². The van der Waals surface area contributed by atoms with Crippen molar-refractivity contribution in [1.29, 1.82) is 0 Å². The van der Waals surface area contributed by atoms with E-state index in [4.69, 9.17) is 0 Å². The summed E-state index contributed by atoms with van der Waals surface area (Å²) in [5, 5.41) is 3.35. The third-order valence-electron chi connectivity index (χ3n) is 13.4. The van der Waals surface area contributed by atoms with E-state index in [0.29, 0.717) is 35.9 Å².